The Bertz CT molecular complexity index is 555. The number of nitrogens with zero attached hydrogens (tertiary/aromatic N) is 1. The van der Waals surface area contributed by atoms with Crippen molar-refractivity contribution in [2.45, 2.75) is 31.6 Å². The summed E-state index contributed by atoms with van der Waals surface area (Å²) in [5, 5.41) is 3.24. The molecule has 0 spiro atoms. The molecule has 1 aliphatic heterocycles. The number of rotatable bonds is 5. The molecule has 0 aromatic heterocycles. The molecule has 0 radical (unpaired) electrons. The van der Waals surface area contributed by atoms with Crippen LogP contribution >= 0.6 is 0 Å². The van der Waals surface area contributed by atoms with Crippen molar-refractivity contribution in [2.75, 3.05) is 25.5 Å². The lowest BCUT2D eigenvalue weighted by molar-refractivity contribution is 0.393. The second-order valence-corrected chi connectivity index (χ2v) is 7.34. The van der Waals surface area contributed by atoms with E-state index in [2.05, 4.69) is 19.2 Å². The van der Waals surface area contributed by atoms with E-state index in [-0.39, 0.29) is 0 Å². The zero-order valence-electron chi connectivity index (χ0n) is 11.8. The smallest absolute Gasteiger partial charge is 0.242 e. The van der Waals surface area contributed by atoms with E-state index in [1.54, 1.807) is 19.2 Å². The second-order valence-electron chi connectivity index (χ2n) is 5.29. The Balaban J connectivity index is 2.24. The Morgan fingerprint density at radius 2 is 2.16 bits per heavy atom. The highest BCUT2D eigenvalue weighted by molar-refractivity contribution is 7.89. The average molecular weight is 282 g/mol. The van der Waals surface area contributed by atoms with Crippen LogP contribution in [0.3, 0.4) is 0 Å². The summed E-state index contributed by atoms with van der Waals surface area (Å²) in [6.07, 6.45) is 1.88. The van der Waals surface area contributed by atoms with Gasteiger partial charge >= 0.3 is 0 Å². The first-order valence-electron chi connectivity index (χ1n) is 6.78. The largest absolute Gasteiger partial charge is 0.384 e. The predicted molar refractivity (Wildman–Crippen MR) is 77.9 cm³/mol. The monoisotopic (exact) mass is 282 g/mol. The number of sulfonamides is 1. The van der Waals surface area contributed by atoms with Crippen molar-refractivity contribution in [3.63, 3.8) is 0 Å². The first-order chi connectivity index (χ1) is 8.95. The maximum absolute atomic E-state index is 12.5. The van der Waals surface area contributed by atoms with Gasteiger partial charge in [0.15, 0.2) is 0 Å². The fourth-order valence-corrected chi connectivity index (χ4v) is 3.63. The SMILES string of the molecule is CCC(C)CN(C)S(=O)(=O)c1ccc2c(c1)CCN2. The van der Waals surface area contributed by atoms with Crippen LogP contribution < -0.4 is 5.32 Å². The Kier molecular flexibility index (Phi) is 4.16. The zero-order valence-corrected chi connectivity index (χ0v) is 12.6. The summed E-state index contributed by atoms with van der Waals surface area (Å²) in [5.74, 6) is 0.371. The normalized spacial score (nSPS) is 16.2. The molecular weight excluding hydrogens is 260 g/mol. The minimum absolute atomic E-state index is 0.371. The first kappa shape index (κ1) is 14.3. The summed E-state index contributed by atoms with van der Waals surface area (Å²) in [6, 6.07) is 5.36. The molecule has 0 saturated heterocycles. The molecule has 0 aliphatic carbocycles. The molecule has 1 aromatic carbocycles. The number of hydrogen-bond acceptors (Lipinski definition) is 3. The van der Waals surface area contributed by atoms with Gasteiger partial charge in [-0.2, -0.15) is 0 Å². The number of hydrogen-bond donors (Lipinski definition) is 1. The third-order valence-corrected chi connectivity index (χ3v) is 5.58. The molecule has 0 amide bonds. The van der Waals surface area contributed by atoms with Crippen molar-refractivity contribution in [3.8, 4) is 0 Å². The van der Waals surface area contributed by atoms with Crippen LogP contribution in [-0.2, 0) is 16.4 Å². The van der Waals surface area contributed by atoms with Crippen molar-refractivity contribution in [1.82, 2.24) is 4.31 Å². The maximum atomic E-state index is 12.5. The summed E-state index contributed by atoms with van der Waals surface area (Å²) in [7, 11) is -1.70. The minimum atomic E-state index is -3.36. The van der Waals surface area contributed by atoms with E-state index < -0.39 is 10.0 Å². The lowest BCUT2D eigenvalue weighted by Crippen LogP contribution is -2.31. The van der Waals surface area contributed by atoms with E-state index in [1.165, 1.54) is 4.31 Å². The summed E-state index contributed by atoms with van der Waals surface area (Å²) < 4.78 is 26.4. The van der Waals surface area contributed by atoms with Gasteiger partial charge in [-0.05, 0) is 36.1 Å². The number of benzene rings is 1. The fraction of sp³-hybridized carbons (Fsp3) is 0.571. The van der Waals surface area contributed by atoms with Crippen LogP contribution in [0.2, 0.25) is 0 Å². The fourth-order valence-electron chi connectivity index (χ4n) is 2.29. The molecule has 1 N–H and O–H groups in total. The quantitative estimate of drug-likeness (QED) is 0.901. The molecule has 1 unspecified atom stereocenters. The summed E-state index contributed by atoms with van der Waals surface area (Å²) >= 11 is 0. The molecule has 0 saturated carbocycles. The topological polar surface area (TPSA) is 49.4 Å². The van der Waals surface area contributed by atoms with Gasteiger partial charge in [0, 0.05) is 25.8 Å². The van der Waals surface area contributed by atoms with E-state index in [0.29, 0.717) is 17.4 Å². The molecular formula is C14H22N2O2S. The summed E-state index contributed by atoms with van der Waals surface area (Å²) in [4.78, 5) is 0.403. The van der Waals surface area contributed by atoms with Crippen LogP contribution in [0, 0.1) is 5.92 Å². The molecule has 2 rings (SSSR count). The van der Waals surface area contributed by atoms with Gasteiger partial charge in [-0.15, -0.1) is 0 Å². The molecule has 1 aliphatic rings. The lowest BCUT2D eigenvalue weighted by atomic mass is 10.1. The Hall–Kier alpha value is -1.07. The van der Waals surface area contributed by atoms with Crippen LogP contribution in [0.4, 0.5) is 5.69 Å². The standard InChI is InChI=1S/C14H22N2O2S/c1-4-11(2)10-16(3)19(17,18)13-5-6-14-12(9-13)7-8-15-14/h5-6,9,11,15H,4,7-8,10H2,1-3H3. The van der Waals surface area contributed by atoms with Crippen molar-refractivity contribution >= 4 is 15.7 Å². The second kappa shape index (κ2) is 5.51. The number of anilines is 1. The molecule has 0 fully saturated rings. The predicted octanol–water partition coefficient (Wildman–Crippen LogP) is 2.32. The van der Waals surface area contributed by atoms with Crippen molar-refractivity contribution in [3.05, 3.63) is 23.8 Å². The Morgan fingerprint density at radius 3 is 2.84 bits per heavy atom. The van der Waals surface area contributed by atoms with Crippen LogP contribution in [0.1, 0.15) is 25.8 Å². The minimum Gasteiger partial charge on any atom is -0.384 e. The molecule has 1 atom stereocenters. The molecule has 5 heteroatoms. The molecule has 106 valence electrons. The van der Waals surface area contributed by atoms with Crippen molar-refractivity contribution < 1.29 is 8.42 Å². The van der Waals surface area contributed by atoms with Crippen LogP contribution in [0.25, 0.3) is 0 Å². The molecule has 4 nitrogen and oxygen atoms in total. The van der Waals surface area contributed by atoms with E-state index in [9.17, 15) is 8.42 Å². The summed E-state index contributed by atoms with van der Waals surface area (Å²) in [6.45, 7) is 5.60. The van der Waals surface area contributed by atoms with Gasteiger partial charge < -0.3 is 5.32 Å². The van der Waals surface area contributed by atoms with Gasteiger partial charge in [0.2, 0.25) is 10.0 Å². The highest BCUT2D eigenvalue weighted by atomic mass is 32.2. The van der Waals surface area contributed by atoms with Crippen molar-refractivity contribution in [2.24, 2.45) is 5.92 Å². The van der Waals surface area contributed by atoms with E-state index in [1.807, 2.05) is 6.07 Å². The third-order valence-electron chi connectivity index (χ3n) is 3.76. The number of nitrogens with one attached hydrogen (secondary N) is 1. The Labute approximate surface area is 115 Å². The molecule has 0 bridgehead atoms. The van der Waals surface area contributed by atoms with E-state index in [4.69, 9.17) is 0 Å². The molecule has 19 heavy (non-hydrogen) atoms. The molecule has 1 heterocycles. The van der Waals surface area contributed by atoms with E-state index >= 15 is 0 Å². The summed E-state index contributed by atoms with van der Waals surface area (Å²) in [5.41, 5.74) is 2.15. The Morgan fingerprint density at radius 1 is 1.42 bits per heavy atom. The van der Waals surface area contributed by atoms with Gasteiger partial charge in [0.25, 0.3) is 0 Å². The van der Waals surface area contributed by atoms with Gasteiger partial charge in [-0.25, -0.2) is 12.7 Å². The zero-order chi connectivity index (χ0) is 14.0. The highest BCUT2D eigenvalue weighted by Gasteiger charge is 2.23. The van der Waals surface area contributed by atoms with E-state index in [0.717, 1.165) is 30.6 Å². The third kappa shape index (κ3) is 2.92. The maximum Gasteiger partial charge on any atom is 0.242 e. The first-order valence-corrected chi connectivity index (χ1v) is 8.22. The lowest BCUT2D eigenvalue weighted by Gasteiger charge is -2.20. The van der Waals surface area contributed by atoms with Crippen LogP contribution in [0.15, 0.2) is 23.1 Å². The van der Waals surface area contributed by atoms with Gasteiger partial charge in [-0.1, -0.05) is 20.3 Å². The van der Waals surface area contributed by atoms with Crippen LogP contribution in [0.5, 0.6) is 0 Å². The van der Waals surface area contributed by atoms with Crippen LogP contribution in [-0.4, -0.2) is 32.9 Å². The molecule has 1 aromatic rings. The van der Waals surface area contributed by atoms with Gasteiger partial charge in [-0.3, -0.25) is 0 Å². The van der Waals surface area contributed by atoms with Gasteiger partial charge in [0.1, 0.15) is 0 Å². The highest BCUT2D eigenvalue weighted by Crippen LogP contribution is 2.26. The number of fused-ring (bicyclic) bond motifs is 1. The van der Waals surface area contributed by atoms with Crippen molar-refractivity contribution in [1.29, 1.82) is 0 Å². The average Bonchev–Trinajstić information content (AvgIpc) is 2.85. The van der Waals surface area contributed by atoms with Gasteiger partial charge in [0.05, 0.1) is 4.90 Å².